The average molecular weight is 451 g/mol. The summed E-state index contributed by atoms with van der Waals surface area (Å²) in [5.41, 5.74) is 4.02. The molecule has 4 nitrogen and oxygen atoms in total. The number of rotatable bonds is 8. The molecule has 0 bridgehead atoms. The standard InChI is InChI=1S/C28H31FO4/c1-18(13-27(30)31)20-7-6-8-22(15-20)33-17-19-9-11-23(25(14-19)28(2,3)4)24-16-21(32-5)10-12-26(24)29/h6-12,14-16,18H,13,17H2,1-5H3,(H,30,31)/t18-/m1/s1. The number of carboxylic acids is 1. The van der Waals surface area contributed by atoms with Crippen molar-refractivity contribution in [3.8, 4) is 22.6 Å². The fraction of sp³-hybridized carbons (Fsp3) is 0.321. The van der Waals surface area contributed by atoms with Crippen molar-refractivity contribution in [3.05, 3.63) is 83.2 Å². The van der Waals surface area contributed by atoms with Crippen molar-refractivity contribution in [2.45, 2.75) is 52.1 Å². The molecule has 0 radical (unpaired) electrons. The molecule has 3 aromatic carbocycles. The summed E-state index contributed by atoms with van der Waals surface area (Å²) in [5.74, 6) is 0.0740. The smallest absolute Gasteiger partial charge is 0.303 e. The Kier molecular flexibility index (Phi) is 7.42. The molecule has 0 aliphatic rings. The molecule has 0 spiro atoms. The number of benzene rings is 3. The Morgan fingerprint density at radius 2 is 1.76 bits per heavy atom. The summed E-state index contributed by atoms with van der Waals surface area (Å²) in [7, 11) is 1.57. The number of hydrogen-bond donors (Lipinski definition) is 1. The zero-order chi connectivity index (χ0) is 24.2. The summed E-state index contributed by atoms with van der Waals surface area (Å²) in [5, 5.41) is 9.05. The van der Waals surface area contributed by atoms with Crippen LogP contribution >= 0.6 is 0 Å². The highest BCUT2D eigenvalue weighted by Gasteiger charge is 2.21. The third-order valence-corrected chi connectivity index (χ3v) is 5.67. The highest BCUT2D eigenvalue weighted by atomic mass is 19.1. The summed E-state index contributed by atoms with van der Waals surface area (Å²) < 4.78 is 26.0. The van der Waals surface area contributed by atoms with E-state index in [0.29, 0.717) is 23.7 Å². The van der Waals surface area contributed by atoms with Crippen molar-refractivity contribution in [3.63, 3.8) is 0 Å². The van der Waals surface area contributed by atoms with Crippen LogP contribution < -0.4 is 9.47 Å². The van der Waals surface area contributed by atoms with Crippen LogP contribution in [0.3, 0.4) is 0 Å². The second-order valence-electron chi connectivity index (χ2n) is 9.34. The Morgan fingerprint density at radius 1 is 1.00 bits per heavy atom. The Labute approximate surface area is 195 Å². The van der Waals surface area contributed by atoms with Gasteiger partial charge < -0.3 is 14.6 Å². The van der Waals surface area contributed by atoms with E-state index in [1.807, 2.05) is 43.3 Å². The Balaban J connectivity index is 1.87. The van der Waals surface area contributed by atoms with E-state index in [4.69, 9.17) is 14.6 Å². The quantitative estimate of drug-likeness (QED) is 0.403. The first-order valence-corrected chi connectivity index (χ1v) is 11.0. The highest BCUT2D eigenvalue weighted by molar-refractivity contribution is 5.71. The van der Waals surface area contributed by atoms with E-state index < -0.39 is 5.97 Å². The molecule has 0 heterocycles. The third-order valence-electron chi connectivity index (χ3n) is 5.67. The molecule has 174 valence electrons. The molecule has 0 fully saturated rings. The molecule has 0 aliphatic carbocycles. The van der Waals surface area contributed by atoms with Gasteiger partial charge in [0.25, 0.3) is 0 Å². The van der Waals surface area contributed by atoms with Crippen LogP contribution in [-0.2, 0) is 16.8 Å². The molecular weight excluding hydrogens is 419 g/mol. The fourth-order valence-corrected chi connectivity index (χ4v) is 3.83. The lowest BCUT2D eigenvalue weighted by Gasteiger charge is -2.24. The van der Waals surface area contributed by atoms with Gasteiger partial charge in [0.2, 0.25) is 0 Å². The summed E-state index contributed by atoms with van der Waals surface area (Å²) >= 11 is 0. The number of carbonyl (C=O) groups is 1. The van der Waals surface area contributed by atoms with E-state index in [9.17, 15) is 9.18 Å². The summed E-state index contributed by atoms with van der Waals surface area (Å²) in [6, 6.07) is 18.2. The normalized spacial score (nSPS) is 12.3. The SMILES string of the molecule is COc1ccc(F)c(-c2ccc(COc3cccc([C@H](C)CC(=O)O)c3)cc2C(C)(C)C)c1. The number of aliphatic carboxylic acids is 1. The lowest BCUT2D eigenvalue weighted by Crippen LogP contribution is -2.14. The van der Waals surface area contributed by atoms with E-state index in [1.54, 1.807) is 19.2 Å². The summed E-state index contributed by atoms with van der Waals surface area (Å²) in [6.07, 6.45) is 0.0701. The minimum Gasteiger partial charge on any atom is -0.497 e. The van der Waals surface area contributed by atoms with Gasteiger partial charge in [0, 0.05) is 5.56 Å². The van der Waals surface area contributed by atoms with Gasteiger partial charge in [0.15, 0.2) is 0 Å². The molecule has 0 saturated heterocycles. The van der Waals surface area contributed by atoms with Crippen LogP contribution in [0.4, 0.5) is 4.39 Å². The lowest BCUT2D eigenvalue weighted by atomic mass is 9.81. The van der Waals surface area contributed by atoms with Crippen molar-refractivity contribution in [1.29, 1.82) is 0 Å². The summed E-state index contributed by atoms with van der Waals surface area (Å²) in [4.78, 5) is 11.0. The maximum Gasteiger partial charge on any atom is 0.303 e. The van der Waals surface area contributed by atoms with Gasteiger partial charge in [0.05, 0.1) is 13.5 Å². The van der Waals surface area contributed by atoms with Crippen molar-refractivity contribution >= 4 is 5.97 Å². The van der Waals surface area contributed by atoms with Crippen molar-refractivity contribution in [2.75, 3.05) is 7.11 Å². The van der Waals surface area contributed by atoms with Gasteiger partial charge in [-0.25, -0.2) is 4.39 Å². The molecule has 5 heteroatoms. The number of methoxy groups -OCH3 is 1. The maximum atomic E-state index is 14.7. The fourth-order valence-electron chi connectivity index (χ4n) is 3.83. The van der Waals surface area contributed by atoms with Gasteiger partial charge in [-0.15, -0.1) is 0 Å². The van der Waals surface area contributed by atoms with E-state index in [0.717, 1.165) is 22.3 Å². The monoisotopic (exact) mass is 450 g/mol. The maximum absolute atomic E-state index is 14.7. The Morgan fingerprint density at radius 3 is 2.42 bits per heavy atom. The number of carboxylic acid groups (broad SMARTS) is 1. The minimum atomic E-state index is -0.823. The van der Waals surface area contributed by atoms with Gasteiger partial charge >= 0.3 is 5.97 Å². The topological polar surface area (TPSA) is 55.8 Å². The van der Waals surface area contributed by atoms with Gasteiger partial charge in [-0.1, -0.05) is 58.0 Å². The van der Waals surface area contributed by atoms with Crippen LogP contribution in [0.1, 0.15) is 56.7 Å². The third kappa shape index (κ3) is 6.13. The Hall–Kier alpha value is -3.34. The van der Waals surface area contributed by atoms with E-state index in [2.05, 4.69) is 26.8 Å². The molecule has 0 amide bonds. The first-order valence-electron chi connectivity index (χ1n) is 11.0. The van der Waals surface area contributed by atoms with E-state index in [1.165, 1.54) is 6.07 Å². The number of hydrogen-bond acceptors (Lipinski definition) is 3. The minimum absolute atomic E-state index is 0.0701. The predicted molar refractivity (Wildman–Crippen MR) is 129 cm³/mol. The molecule has 33 heavy (non-hydrogen) atoms. The molecule has 1 N–H and O–H groups in total. The first kappa shape index (κ1) is 24.3. The molecule has 0 aliphatic heterocycles. The van der Waals surface area contributed by atoms with Crippen LogP contribution in [0.5, 0.6) is 11.5 Å². The number of ether oxygens (including phenoxy) is 2. The van der Waals surface area contributed by atoms with Crippen molar-refractivity contribution < 1.29 is 23.8 Å². The van der Waals surface area contributed by atoms with Crippen LogP contribution in [0.2, 0.25) is 0 Å². The Bertz CT molecular complexity index is 1130. The van der Waals surface area contributed by atoms with E-state index >= 15 is 0 Å². The second kappa shape index (κ2) is 10.1. The molecule has 3 rings (SSSR count). The molecule has 3 aromatic rings. The van der Waals surface area contributed by atoms with Gasteiger partial charge in [0.1, 0.15) is 23.9 Å². The van der Waals surface area contributed by atoms with Crippen LogP contribution in [0.15, 0.2) is 60.7 Å². The van der Waals surface area contributed by atoms with E-state index in [-0.39, 0.29) is 23.6 Å². The zero-order valence-electron chi connectivity index (χ0n) is 19.8. The molecule has 0 unspecified atom stereocenters. The molecular formula is C28H31FO4. The molecule has 1 atom stereocenters. The van der Waals surface area contributed by atoms with Gasteiger partial charge in [-0.3, -0.25) is 4.79 Å². The second-order valence-corrected chi connectivity index (χ2v) is 9.34. The van der Waals surface area contributed by atoms with Crippen LogP contribution in [0.25, 0.3) is 11.1 Å². The molecule has 0 aromatic heterocycles. The highest BCUT2D eigenvalue weighted by Crippen LogP contribution is 2.37. The lowest BCUT2D eigenvalue weighted by molar-refractivity contribution is -0.137. The zero-order valence-corrected chi connectivity index (χ0v) is 19.8. The van der Waals surface area contributed by atoms with Crippen molar-refractivity contribution in [2.24, 2.45) is 0 Å². The van der Waals surface area contributed by atoms with Crippen molar-refractivity contribution in [1.82, 2.24) is 0 Å². The van der Waals surface area contributed by atoms with Crippen LogP contribution in [0, 0.1) is 5.82 Å². The van der Waals surface area contributed by atoms with Crippen LogP contribution in [-0.4, -0.2) is 18.2 Å². The first-order chi connectivity index (χ1) is 15.6. The number of halogens is 1. The molecule has 0 saturated carbocycles. The van der Waals surface area contributed by atoms with Gasteiger partial charge in [-0.2, -0.15) is 0 Å². The summed E-state index contributed by atoms with van der Waals surface area (Å²) in [6.45, 7) is 8.53. The average Bonchev–Trinajstić information content (AvgIpc) is 2.77. The largest absolute Gasteiger partial charge is 0.497 e. The predicted octanol–water partition coefficient (Wildman–Crippen LogP) is 6.96. The van der Waals surface area contributed by atoms with Gasteiger partial charge in [-0.05, 0) is 63.9 Å².